The largest absolute Gasteiger partial charge is 0.482 e. The third-order valence-electron chi connectivity index (χ3n) is 1.50. The highest BCUT2D eigenvalue weighted by atomic mass is 35.5. The van der Waals surface area contributed by atoms with E-state index in [9.17, 15) is 4.79 Å². The lowest BCUT2D eigenvalue weighted by Crippen LogP contribution is -2.14. The van der Waals surface area contributed by atoms with Crippen LogP contribution in [0.15, 0.2) is 18.2 Å². The molecule has 0 saturated heterocycles. The van der Waals surface area contributed by atoms with Crippen molar-refractivity contribution in [2.24, 2.45) is 0 Å². The second kappa shape index (κ2) is 5.83. The fraction of sp³-hybridized carbons (Fsp3) is 0.300. The van der Waals surface area contributed by atoms with Crippen molar-refractivity contribution in [1.29, 1.82) is 0 Å². The van der Waals surface area contributed by atoms with Crippen LogP contribution in [0.25, 0.3) is 0 Å². The highest BCUT2D eigenvalue weighted by molar-refractivity contribution is 6.34. The Balaban J connectivity index is 2.54. The van der Waals surface area contributed by atoms with E-state index in [-0.39, 0.29) is 6.61 Å². The van der Waals surface area contributed by atoms with E-state index in [0.29, 0.717) is 22.4 Å². The molecule has 0 heterocycles. The molecule has 0 spiro atoms. The standard InChI is InChI=1S/C10H10Cl2O3/c1-2-14-10(13)6-15-9-4-7(11)3-8(12)5-9/h3-5H,2,6H2,1H3. The Hall–Kier alpha value is -0.930. The number of rotatable bonds is 4. The van der Waals surface area contributed by atoms with E-state index in [4.69, 9.17) is 32.7 Å². The van der Waals surface area contributed by atoms with Gasteiger partial charge in [-0.3, -0.25) is 0 Å². The lowest BCUT2D eigenvalue weighted by molar-refractivity contribution is -0.145. The molecule has 1 aromatic rings. The summed E-state index contributed by atoms with van der Waals surface area (Å²) in [5.74, 6) is 0.0224. The first kappa shape index (κ1) is 12.1. The summed E-state index contributed by atoms with van der Waals surface area (Å²) >= 11 is 11.5. The number of esters is 1. The average Bonchev–Trinajstić information content (AvgIpc) is 2.14. The van der Waals surface area contributed by atoms with Crippen LogP contribution in [-0.2, 0) is 9.53 Å². The summed E-state index contributed by atoms with van der Waals surface area (Å²) in [6, 6.07) is 4.74. The molecule has 0 amide bonds. The molecule has 0 saturated carbocycles. The Morgan fingerprint density at radius 1 is 1.27 bits per heavy atom. The van der Waals surface area contributed by atoms with Crippen LogP contribution in [0.5, 0.6) is 5.75 Å². The van der Waals surface area contributed by atoms with Gasteiger partial charge in [0.05, 0.1) is 6.61 Å². The zero-order chi connectivity index (χ0) is 11.3. The quantitative estimate of drug-likeness (QED) is 0.769. The Bertz CT molecular complexity index is 332. The van der Waals surface area contributed by atoms with Crippen LogP contribution in [0.2, 0.25) is 10.0 Å². The van der Waals surface area contributed by atoms with Crippen molar-refractivity contribution >= 4 is 29.2 Å². The van der Waals surface area contributed by atoms with Crippen LogP contribution in [0.4, 0.5) is 0 Å². The van der Waals surface area contributed by atoms with Crippen LogP contribution in [0, 0.1) is 0 Å². The second-order valence-corrected chi connectivity index (χ2v) is 3.57. The predicted octanol–water partition coefficient (Wildman–Crippen LogP) is 2.94. The SMILES string of the molecule is CCOC(=O)COc1cc(Cl)cc(Cl)c1. The van der Waals surface area contributed by atoms with E-state index in [1.54, 1.807) is 25.1 Å². The number of ether oxygens (including phenoxy) is 2. The van der Waals surface area contributed by atoms with Gasteiger partial charge in [-0.05, 0) is 25.1 Å². The third-order valence-corrected chi connectivity index (χ3v) is 1.93. The molecule has 1 rings (SSSR count). The van der Waals surface area contributed by atoms with Gasteiger partial charge >= 0.3 is 5.97 Å². The minimum atomic E-state index is -0.423. The molecule has 3 nitrogen and oxygen atoms in total. The fourth-order valence-corrected chi connectivity index (χ4v) is 1.46. The van der Waals surface area contributed by atoms with E-state index in [1.807, 2.05) is 0 Å². The van der Waals surface area contributed by atoms with Gasteiger partial charge in [0.1, 0.15) is 5.75 Å². The molecule has 0 bridgehead atoms. The molecule has 82 valence electrons. The summed E-state index contributed by atoms with van der Waals surface area (Å²) in [6.07, 6.45) is 0. The molecule has 0 N–H and O–H groups in total. The topological polar surface area (TPSA) is 35.5 Å². The van der Waals surface area contributed by atoms with Crippen LogP contribution in [0.3, 0.4) is 0 Å². The number of carbonyl (C=O) groups excluding carboxylic acids is 1. The Morgan fingerprint density at radius 3 is 2.40 bits per heavy atom. The smallest absolute Gasteiger partial charge is 0.344 e. The molecule has 0 fully saturated rings. The normalized spacial score (nSPS) is 9.80. The molecule has 0 radical (unpaired) electrons. The number of hydrogen-bond acceptors (Lipinski definition) is 3. The van der Waals surface area contributed by atoms with Gasteiger partial charge in [0, 0.05) is 10.0 Å². The fourth-order valence-electron chi connectivity index (χ4n) is 0.957. The average molecular weight is 249 g/mol. The summed E-state index contributed by atoms with van der Waals surface area (Å²) < 4.78 is 9.83. The molecule has 0 aliphatic rings. The molecular weight excluding hydrogens is 239 g/mol. The molecule has 0 aromatic heterocycles. The monoisotopic (exact) mass is 248 g/mol. The Morgan fingerprint density at radius 2 is 1.87 bits per heavy atom. The summed E-state index contributed by atoms with van der Waals surface area (Å²) in [6.45, 7) is 1.91. The van der Waals surface area contributed by atoms with Gasteiger partial charge in [0.15, 0.2) is 6.61 Å². The van der Waals surface area contributed by atoms with Crippen LogP contribution >= 0.6 is 23.2 Å². The van der Waals surface area contributed by atoms with Gasteiger partial charge in [0.25, 0.3) is 0 Å². The maximum absolute atomic E-state index is 11.0. The molecule has 15 heavy (non-hydrogen) atoms. The summed E-state index contributed by atoms with van der Waals surface area (Å²) in [7, 11) is 0. The zero-order valence-corrected chi connectivity index (χ0v) is 9.64. The second-order valence-electron chi connectivity index (χ2n) is 2.70. The van der Waals surface area contributed by atoms with Gasteiger partial charge in [-0.2, -0.15) is 0 Å². The number of hydrogen-bond donors (Lipinski definition) is 0. The minimum absolute atomic E-state index is 0.148. The van der Waals surface area contributed by atoms with E-state index in [2.05, 4.69) is 0 Å². The van der Waals surface area contributed by atoms with Crippen LogP contribution < -0.4 is 4.74 Å². The predicted molar refractivity (Wildman–Crippen MR) is 58.6 cm³/mol. The van der Waals surface area contributed by atoms with Gasteiger partial charge in [-0.1, -0.05) is 23.2 Å². The highest BCUT2D eigenvalue weighted by Gasteiger charge is 2.04. The van der Waals surface area contributed by atoms with Crippen LogP contribution in [0.1, 0.15) is 6.92 Å². The first-order valence-electron chi connectivity index (χ1n) is 4.36. The number of carbonyl (C=O) groups is 1. The van der Waals surface area contributed by atoms with Gasteiger partial charge in [-0.15, -0.1) is 0 Å². The molecule has 0 unspecified atom stereocenters. The minimum Gasteiger partial charge on any atom is -0.482 e. The summed E-state index contributed by atoms with van der Waals surface area (Å²) in [4.78, 5) is 11.0. The lowest BCUT2D eigenvalue weighted by Gasteiger charge is -2.06. The first-order chi connectivity index (χ1) is 7.11. The van der Waals surface area contributed by atoms with Crippen molar-refractivity contribution < 1.29 is 14.3 Å². The molecule has 0 atom stereocenters. The molecule has 5 heteroatoms. The Labute approximate surface area is 97.9 Å². The summed E-state index contributed by atoms with van der Waals surface area (Å²) in [5, 5.41) is 0.919. The third kappa shape index (κ3) is 4.40. The molecule has 0 aliphatic heterocycles. The molecule has 1 aromatic carbocycles. The van der Waals surface area contributed by atoms with Crippen LogP contribution in [-0.4, -0.2) is 19.2 Å². The van der Waals surface area contributed by atoms with E-state index in [0.717, 1.165) is 0 Å². The summed E-state index contributed by atoms with van der Waals surface area (Å²) in [5.41, 5.74) is 0. The molecule has 0 aliphatic carbocycles. The molecular formula is C10H10Cl2O3. The van der Waals surface area contributed by atoms with Crippen molar-refractivity contribution in [1.82, 2.24) is 0 Å². The Kier molecular flexibility index (Phi) is 4.72. The first-order valence-corrected chi connectivity index (χ1v) is 5.12. The van der Waals surface area contributed by atoms with E-state index < -0.39 is 5.97 Å². The van der Waals surface area contributed by atoms with Gasteiger partial charge in [-0.25, -0.2) is 4.79 Å². The van der Waals surface area contributed by atoms with Crippen molar-refractivity contribution in [3.63, 3.8) is 0 Å². The van der Waals surface area contributed by atoms with Crippen molar-refractivity contribution in [2.75, 3.05) is 13.2 Å². The maximum Gasteiger partial charge on any atom is 0.344 e. The number of benzene rings is 1. The van der Waals surface area contributed by atoms with Gasteiger partial charge < -0.3 is 9.47 Å². The van der Waals surface area contributed by atoms with Crippen molar-refractivity contribution in [2.45, 2.75) is 6.92 Å². The van der Waals surface area contributed by atoms with E-state index in [1.165, 1.54) is 0 Å². The number of halogens is 2. The van der Waals surface area contributed by atoms with Crippen molar-refractivity contribution in [3.8, 4) is 5.75 Å². The maximum atomic E-state index is 11.0. The zero-order valence-electron chi connectivity index (χ0n) is 8.13. The van der Waals surface area contributed by atoms with Crippen molar-refractivity contribution in [3.05, 3.63) is 28.2 Å². The van der Waals surface area contributed by atoms with Gasteiger partial charge in [0.2, 0.25) is 0 Å². The lowest BCUT2D eigenvalue weighted by atomic mass is 10.3. The van der Waals surface area contributed by atoms with E-state index >= 15 is 0 Å². The highest BCUT2D eigenvalue weighted by Crippen LogP contribution is 2.23.